The molecule has 0 bridgehead atoms. The maximum atomic E-state index is 6.14. The number of aryl methyl sites for hydroxylation is 1. The van der Waals surface area contributed by atoms with E-state index in [1.807, 2.05) is 37.3 Å². The summed E-state index contributed by atoms with van der Waals surface area (Å²) in [7, 11) is 0. The molecule has 0 atom stereocenters. The number of nitrogen functional groups attached to an aromatic ring is 1. The Hall–Kier alpha value is -2.10. The molecule has 0 fully saturated rings. The van der Waals surface area contributed by atoms with Gasteiger partial charge in [0.15, 0.2) is 0 Å². The van der Waals surface area contributed by atoms with Gasteiger partial charge in [-0.15, -0.1) is 0 Å². The highest BCUT2D eigenvalue weighted by Gasteiger charge is 2.09. The van der Waals surface area contributed by atoms with E-state index >= 15 is 0 Å². The van der Waals surface area contributed by atoms with Gasteiger partial charge >= 0.3 is 0 Å². The van der Waals surface area contributed by atoms with Gasteiger partial charge in [0.2, 0.25) is 0 Å². The summed E-state index contributed by atoms with van der Waals surface area (Å²) in [5, 5.41) is 1.76. The number of anilines is 1. The zero-order chi connectivity index (χ0) is 14.8. The third kappa shape index (κ3) is 2.84. The van der Waals surface area contributed by atoms with Crippen molar-refractivity contribution < 1.29 is 0 Å². The predicted octanol–water partition coefficient (Wildman–Crippen LogP) is 4.07. The van der Waals surface area contributed by atoms with Crippen LogP contribution in [0.1, 0.15) is 16.7 Å². The van der Waals surface area contributed by atoms with Crippen LogP contribution >= 0.6 is 11.6 Å². The summed E-state index contributed by atoms with van der Waals surface area (Å²) >= 11 is 6.14. The summed E-state index contributed by atoms with van der Waals surface area (Å²) in [6, 6.07) is 16.2. The maximum Gasteiger partial charge on any atom is 0.144 e. The lowest BCUT2D eigenvalue weighted by atomic mass is 10.0. The van der Waals surface area contributed by atoms with E-state index in [-0.39, 0.29) is 0 Å². The van der Waals surface area contributed by atoms with Crippen molar-refractivity contribution in [2.75, 3.05) is 5.43 Å². The van der Waals surface area contributed by atoms with Gasteiger partial charge in [0, 0.05) is 22.4 Å². The summed E-state index contributed by atoms with van der Waals surface area (Å²) in [6.07, 6.45) is 0.773. The Balaban J connectivity index is 2.13. The van der Waals surface area contributed by atoms with Crippen molar-refractivity contribution in [1.82, 2.24) is 4.98 Å². The van der Waals surface area contributed by atoms with Gasteiger partial charge < -0.3 is 5.43 Å². The van der Waals surface area contributed by atoms with E-state index in [4.69, 9.17) is 17.4 Å². The molecule has 1 aromatic heterocycles. The molecule has 3 N–H and O–H groups in total. The molecule has 0 radical (unpaired) electrons. The van der Waals surface area contributed by atoms with Gasteiger partial charge in [-0.3, -0.25) is 0 Å². The van der Waals surface area contributed by atoms with Crippen LogP contribution in [-0.2, 0) is 6.42 Å². The van der Waals surface area contributed by atoms with Crippen molar-refractivity contribution >= 4 is 28.3 Å². The maximum absolute atomic E-state index is 6.14. The lowest BCUT2D eigenvalue weighted by Gasteiger charge is -2.12. The first kappa shape index (κ1) is 13.9. The number of benzene rings is 2. The Labute approximate surface area is 128 Å². The van der Waals surface area contributed by atoms with Crippen molar-refractivity contribution in [3.8, 4) is 0 Å². The Morgan fingerprint density at radius 1 is 1.14 bits per heavy atom. The SMILES string of the molecule is Cc1cc(Cl)cc2cc(Cc3ccccc3)c(NN)nc12. The molecular weight excluding hydrogens is 282 g/mol. The minimum absolute atomic E-state index is 0.705. The average Bonchev–Trinajstić information content (AvgIpc) is 2.47. The van der Waals surface area contributed by atoms with E-state index in [1.54, 1.807) is 0 Å². The van der Waals surface area contributed by atoms with Gasteiger partial charge in [0.25, 0.3) is 0 Å². The summed E-state index contributed by atoms with van der Waals surface area (Å²) in [5.74, 6) is 6.34. The lowest BCUT2D eigenvalue weighted by molar-refractivity contribution is 1.14. The van der Waals surface area contributed by atoms with E-state index in [0.29, 0.717) is 5.82 Å². The third-order valence-electron chi connectivity index (χ3n) is 3.53. The number of hydrazine groups is 1. The highest BCUT2D eigenvalue weighted by Crippen LogP contribution is 2.27. The minimum Gasteiger partial charge on any atom is -0.308 e. The van der Waals surface area contributed by atoms with E-state index in [1.165, 1.54) is 5.56 Å². The number of halogens is 1. The normalized spacial score (nSPS) is 10.8. The number of aromatic nitrogens is 1. The molecule has 106 valence electrons. The lowest BCUT2D eigenvalue weighted by Crippen LogP contribution is -2.11. The van der Waals surface area contributed by atoms with Gasteiger partial charge in [-0.05, 0) is 36.2 Å². The molecule has 3 nitrogen and oxygen atoms in total. The second kappa shape index (κ2) is 5.72. The van der Waals surface area contributed by atoms with Crippen molar-refractivity contribution in [3.05, 3.63) is 70.2 Å². The van der Waals surface area contributed by atoms with Crippen molar-refractivity contribution in [2.45, 2.75) is 13.3 Å². The molecule has 4 heteroatoms. The summed E-state index contributed by atoms with van der Waals surface area (Å²) in [5.41, 5.74) is 6.94. The number of nitrogens with zero attached hydrogens (tertiary/aromatic N) is 1. The topological polar surface area (TPSA) is 50.9 Å². The second-order valence-corrected chi connectivity index (χ2v) is 5.53. The van der Waals surface area contributed by atoms with Crippen LogP contribution in [0, 0.1) is 6.92 Å². The van der Waals surface area contributed by atoms with E-state index in [9.17, 15) is 0 Å². The van der Waals surface area contributed by atoms with Gasteiger partial charge in [0.1, 0.15) is 5.82 Å². The summed E-state index contributed by atoms with van der Waals surface area (Å²) in [4.78, 5) is 4.64. The second-order valence-electron chi connectivity index (χ2n) is 5.10. The fraction of sp³-hybridized carbons (Fsp3) is 0.118. The zero-order valence-electron chi connectivity index (χ0n) is 11.7. The van der Waals surface area contributed by atoms with Crippen molar-refractivity contribution in [1.29, 1.82) is 0 Å². The van der Waals surface area contributed by atoms with Crippen LogP contribution < -0.4 is 11.3 Å². The highest BCUT2D eigenvalue weighted by atomic mass is 35.5. The van der Waals surface area contributed by atoms with E-state index in [2.05, 4.69) is 28.6 Å². The molecular formula is C17H16ClN3. The van der Waals surface area contributed by atoms with Crippen LogP contribution in [0.15, 0.2) is 48.5 Å². The van der Waals surface area contributed by atoms with Gasteiger partial charge in [-0.1, -0.05) is 41.9 Å². The Morgan fingerprint density at radius 3 is 2.62 bits per heavy atom. The molecule has 3 aromatic rings. The molecule has 0 aliphatic rings. The van der Waals surface area contributed by atoms with Crippen LogP contribution in [0.3, 0.4) is 0 Å². The molecule has 3 rings (SSSR count). The molecule has 0 saturated heterocycles. The van der Waals surface area contributed by atoms with Crippen molar-refractivity contribution in [2.24, 2.45) is 5.84 Å². The number of hydrogen-bond donors (Lipinski definition) is 2. The number of nitrogens with one attached hydrogen (secondary N) is 1. The minimum atomic E-state index is 0.705. The molecule has 0 amide bonds. The quantitative estimate of drug-likeness (QED) is 0.566. The fourth-order valence-corrected chi connectivity index (χ4v) is 2.82. The molecule has 0 spiro atoms. The van der Waals surface area contributed by atoms with Gasteiger partial charge in [0.05, 0.1) is 5.52 Å². The van der Waals surface area contributed by atoms with E-state index < -0.39 is 0 Å². The van der Waals surface area contributed by atoms with Gasteiger partial charge in [-0.2, -0.15) is 0 Å². The zero-order valence-corrected chi connectivity index (χ0v) is 12.5. The summed E-state index contributed by atoms with van der Waals surface area (Å²) < 4.78 is 0. The number of rotatable bonds is 3. The number of hydrogen-bond acceptors (Lipinski definition) is 3. The standard InChI is InChI=1S/C17H16ClN3/c1-11-7-15(18)10-13-9-14(17(21-19)20-16(11)13)8-12-5-3-2-4-6-12/h2-7,9-10H,8,19H2,1H3,(H,20,21). The first-order valence-corrected chi connectivity index (χ1v) is 7.15. The number of fused-ring (bicyclic) bond motifs is 1. The molecule has 21 heavy (non-hydrogen) atoms. The molecule has 1 heterocycles. The fourth-order valence-electron chi connectivity index (χ4n) is 2.54. The molecule has 0 aliphatic carbocycles. The Morgan fingerprint density at radius 2 is 1.90 bits per heavy atom. The first-order chi connectivity index (χ1) is 10.2. The van der Waals surface area contributed by atoms with Crippen LogP contribution in [-0.4, -0.2) is 4.98 Å². The molecule has 0 saturated carbocycles. The predicted molar refractivity (Wildman–Crippen MR) is 88.5 cm³/mol. The monoisotopic (exact) mass is 297 g/mol. The smallest absolute Gasteiger partial charge is 0.144 e. The Bertz CT molecular complexity index is 785. The summed E-state index contributed by atoms with van der Waals surface area (Å²) in [6.45, 7) is 2.00. The van der Waals surface area contributed by atoms with Crippen LogP contribution in [0.25, 0.3) is 10.9 Å². The largest absolute Gasteiger partial charge is 0.308 e. The van der Waals surface area contributed by atoms with Crippen molar-refractivity contribution in [3.63, 3.8) is 0 Å². The van der Waals surface area contributed by atoms with Crippen LogP contribution in [0.5, 0.6) is 0 Å². The molecule has 2 aromatic carbocycles. The van der Waals surface area contributed by atoms with Crippen LogP contribution in [0.2, 0.25) is 5.02 Å². The molecule has 0 aliphatic heterocycles. The Kier molecular flexibility index (Phi) is 3.78. The number of pyridine rings is 1. The van der Waals surface area contributed by atoms with Crippen LogP contribution in [0.4, 0.5) is 5.82 Å². The first-order valence-electron chi connectivity index (χ1n) is 6.77. The highest BCUT2D eigenvalue weighted by molar-refractivity contribution is 6.31. The number of nitrogens with two attached hydrogens (primary N) is 1. The van der Waals surface area contributed by atoms with Gasteiger partial charge in [-0.25, -0.2) is 10.8 Å². The third-order valence-corrected chi connectivity index (χ3v) is 3.74. The average molecular weight is 298 g/mol. The molecule has 0 unspecified atom stereocenters. The van der Waals surface area contributed by atoms with E-state index in [0.717, 1.165) is 33.5 Å².